The number of hydrogen-bond acceptors (Lipinski definition) is 11. The van der Waals surface area contributed by atoms with Crippen LogP contribution in [0.4, 0.5) is 0 Å². The van der Waals surface area contributed by atoms with E-state index in [0.29, 0.717) is 12.8 Å². The summed E-state index contributed by atoms with van der Waals surface area (Å²) in [4.78, 5) is 13.1. The third-order valence-electron chi connectivity index (χ3n) is 12.1. The molecule has 0 aliphatic carbocycles. The molecule has 1 aliphatic heterocycles. The Hall–Kier alpha value is -1.46. The first-order chi connectivity index (χ1) is 30.4. The lowest BCUT2D eigenvalue weighted by Gasteiger charge is -2.41. The van der Waals surface area contributed by atoms with Crippen molar-refractivity contribution < 1.29 is 57.0 Å². The minimum absolute atomic E-state index is 0.241. The summed E-state index contributed by atoms with van der Waals surface area (Å²) in [6.45, 7) is 3.20. The Kier molecular flexibility index (Phi) is 37.5. The maximum absolute atomic E-state index is 13.1. The van der Waals surface area contributed by atoms with E-state index in [9.17, 15) is 43.3 Å². The summed E-state index contributed by atoms with van der Waals surface area (Å²) in [6.07, 6.45) is 34.2. The molecule has 0 aromatic heterocycles. The minimum Gasteiger partial charge on any atom is -0.394 e. The number of ether oxygens (including phenoxy) is 2. The SMILES string of the molecule is CCCCCCCC/C=C/CC/C=C/C(O)C(COC1OC(CO)C(O)C(OS(=O)(=O)O)C1O)NC(=O)C(O)CCCCCCCCCCCCCCCCCCCCCCCC. The highest BCUT2D eigenvalue weighted by Crippen LogP contribution is 2.26. The van der Waals surface area contributed by atoms with Crippen molar-refractivity contribution in [1.29, 1.82) is 0 Å². The van der Waals surface area contributed by atoms with Gasteiger partial charge in [0.05, 0.1) is 25.4 Å². The van der Waals surface area contributed by atoms with E-state index in [2.05, 4.69) is 35.5 Å². The van der Waals surface area contributed by atoms with Crippen LogP contribution in [0, 0.1) is 0 Å². The van der Waals surface area contributed by atoms with Gasteiger partial charge < -0.3 is 40.3 Å². The number of unbranched alkanes of at least 4 members (excludes halogenated alkanes) is 28. The largest absolute Gasteiger partial charge is 0.397 e. The molecular weight excluding hydrogens is 827 g/mol. The number of carbonyl (C=O) groups excluding carboxylic acids is 1. The number of allylic oxidation sites excluding steroid dienone is 3. The van der Waals surface area contributed by atoms with Crippen LogP contribution in [0.2, 0.25) is 0 Å². The van der Waals surface area contributed by atoms with Gasteiger partial charge in [-0.05, 0) is 32.1 Å². The second-order valence-corrected chi connectivity index (χ2v) is 18.9. The van der Waals surface area contributed by atoms with Gasteiger partial charge in [-0.3, -0.25) is 9.35 Å². The molecule has 0 bridgehead atoms. The van der Waals surface area contributed by atoms with Gasteiger partial charge in [0.15, 0.2) is 6.29 Å². The number of carbonyl (C=O) groups is 1. The molecule has 0 radical (unpaired) electrons. The maximum Gasteiger partial charge on any atom is 0.397 e. The van der Waals surface area contributed by atoms with Gasteiger partial charge in [-0.1, -0.05) is 212 Å². The van der Waals surface area contributed by atoms with Crippen LogP contribution < -0.4 is 5.32 Å². The number of nitrogens with one attached hydrogen (secondary N) is 1. The zero-order chi connectivity index (χ0) is 46.4. The Labute approximate surface area is 383 Å². The molecule has 0 saturated carbocycles. The highest BCUT2D eigenvalue weighted by molar-refractivity contribution is 7.80. The molecule has 372 valence electrons. The first-order valence-corrected chi connectivity index (χ1v) is 26.7. The van der Waals surface area contributed by atoms with Gasteiger partial charge in [-0.15, -0.1) is 0 Å². The molecule has 1 amide bonds. The molecule has 8 unspecified atom stereocenters. The van der Waals surface area contributed by atoms with Crippen molar-refractivity contribution in [3.63, 3.8) is 0 Å². The van der Waals surface area contributed by atoms with E-state index in [0.717, 1.165) is 38.5 Å². The summed E-state index contributed by atoms with van der Waals surface area (Å²) < 4.78 is 47.5. The number of hydrogen-bond donors (Lipinski definition) is 7. The fourth-order valence-corrected chi connectivity index (χ4v) is 8.57. The van der Waals surface area contributed by atoms with Crippen LogP contribution in [0.1, 0.15) is 219 Å². The molecule has 7 N–H and O–H groups in total. The fraction of sp³-hybridized carbons (Fsp3) is 0.898. The monoisotopic (exact) mass is 920 g/mol. The predicted molar refractivity (Wildman–Crippen MR) is 251 cm³/mol. The standard InChI is InChI=1S/C49H93NO12S/c1-3-5-7-9-11-13-15-17-18-19-20-21-22-23-24-25-26-28-30-32-34-36-38-43(53)48(56)50-41(42(52)37-35-33-31-29-27-16-14-12-10-8-6-4-2)40-60-49-46(55)47(62-63(57,58)59)45(54)44(39-51)61-49/h27,29,35,37,41-47,49,51-55H,3-26,28,30-34,36,38-40H2,1-2H3,(H,50,56)(H,57,58,59)/b29-27+,37-35+. The average molecular weight is 920 g/mol. The van der Waals surface area contributed by atoms with Gasteiger partial charge in [0.2, 0.25) is 5.91 Å². The summed E-state index contributed by atoms with van der Waals surface area (Å²) in [5.74, 6) is -0.710. The van der Waals surface area contributed by atoms with Crippen LogP contribution in [-0.2, 0) is 28.9 Å². The number of aliphatic hydroxyl groups excluding tert-OH is 5. The lowest BCUT2D eigenvalue weighted by molar-refractivity contribution is -0.298. The van der Waals surface area contributed by atoms with Crippen molar-refractivity contribution in [3.8, 4) is 0 Å². The first-order valence-electron chi connectivity index (χ1n) is 25.3. The van der Waals surface area contributed by atoms with Crippen molar-refractivity contribution in [2.45, 2.75) is 268 Å². The first kappa shape index (κ1) is 59.6. The van der Waals surface area contributed by atoms with Gasteiger partial charge in [-0.25, -0.2) is 4.18 Å². The highest BCUT2D eigenvalue weighted by atomic mass is 32.3. The predicted octanol–water partition coefficient (Wildman–Crippen LogP) is 9.47. The maximum atomic E-state index is 13.1. The van der Waals surface area contributed by atoms with Crippen LogP contribution in [0.25, 0.3) is 0 Å². The molecule has 0 aromatic rings. The molecular formula is C49H93NO12S. The van der Waals surface area contributed by atoms with Crippen LogP contribution in [-0.4, -0.2) is 107 Å². The topological polar surface area (TPSA) is 212 Å². The molecule has 0 aromatic carbocycles. The Bertz CT molecular complexity index is 1240. The fourth-order valence-electron chi connectivity index (χ4n) is 8.07. The van der Waals surface area contributed by atoms with Crippen molar-refractivity contribution >= 4 is 16.3 Å². The number of amides is 1. The second-order valence-electron chi connectivity index (χ2n) is 17.9. The quantitative estimate of drug-likeness (QED) is 0.0173. The van der Waals surface area contributed by atoms with E-state index in [-0.39, 0.29) is 6.42 Å². The smallest absolute Gasteiger partial charge is 0.394 e. The van der Waals surface area contributed by atoms with Crippen LogP contribution in [0.15, 0.2) is 24.3 Å². The number of rotatable bonds is 43. The Balaban J connectivity index is 2.46. The molecule has 63 heavy (non-hydrogen) atoms. The highest BCUT2D eigenvalue weighted by Gasteiger charge is 2.48. The van der Waals surface area contributed by atoms with E-state index >= 15 is 0 Å². The van der Waals surface area contributed by atoms with E-state index in [4.69, 9.17) is 9.47 Å². The lowest BCUT2D eigenvalue weighted by Crippen LogP contribution is -2.61. The summed E-state index contributed by atoms with van der Waals surface area (Å²) >= 11 is 0. The molecule has 8 atom stereocenters. The van der Waals surface area contributed by atoms with E-state index < -0.39 is 78.5 Å². The zero-order valence-corrected chi connectivity index (χ0v) is 40.3. The summed E-state index contributed by atoms with van der Waals surface area (Å²) in [5, 5.41) is 55.2. The second kappa shape index (κ2) is 39.7. The van der Waals surface area contributed by atoms with Gasteiger partial charge >= 0.3 is 10.4 Å². The van der Waals surface area contributed by atoms with Gasteiger partial charge in [0.1, 0.15) is 30.5 Å². The third-order valence-corrected chi connectivity index (χ3v) is 12.6. The summed E-state index contributed by atoms with van der Waals surface area (Å²) in [6, 6.07) is -1.13. The molecule has 1 rings (SSSR count). The summed E-state index contributed by atoms with van der Waals surface area (Å²) in [5.41, 5.74) is 0. The van der Waals surface area contributed by atoms with Crippen LogP contribution >= 0.6 is 0 Å². The lowest BCUT2D eigenvalue weighted by atomic mass is 9.99. The molecule has 14 heteroatoms. The Morgan fingerprint density at radius 1 is 0.635 bits per heavy atom. The number of aliphatic hydroxyl groups is 5. The average Bonchev–Trinajstić information content (AvgIpc) is 3.25. The van der Waals surface area contributed by atoms with Gasteiger partial charge in [-0.2, -0.15) is 8.42 Å². The van der Waals surface area contributed by atoms with Gasteiger partial charge in [0.25, 0.3) is 0 Å². The normalized spacial score (nSPS) is 21.0. The molecule has 1 fully saturated rings. The zero-order valence-electron chi connectivity index (χ0n) is 39.5. The van der Waals surface area contributed by atoms with Gasteiger partial charge in [0, 0.05) is 0 Å². The van der Waals surface area contributed by atoms with Crippen molar-refractivity contribution in [2.24, 2.45) is 0 Å². The molecule has 0 spiro atoms. The third kappa shape index (κ3) is 32.0. The van der Waals surface area contributed by atoms with E-state index in [1.807, 2.05) is 0 Å². The Morgan fingerprint density at radius 2 is 1.06 bits per heavy atom. The summed E-state index contributed by atoms with van der Waals surface area (Å²) in [7, 11) is -5.12. The molecule has 1 saturated heterocycles. The minimum atomic E-state index is -5.12. The molecule has 1 heterocycles. The molecule has 1 aliphatic rings. The van der Waals surface area contributed by atoms with Crippen molar-refractivity contribution in [3.05, 3.63) is 24.3 Å². The van der Waals surface area contributed by atoms with Crippen LogP contribution in [0.3, 0.4) is 0 Å². The Morgan fingerprint density at radius 3 is 1.52 bits per heavy atom. The molecule has 13 nitrogen and oxygen atoms in total. The van der Waals surface area contributed by atoms with E-state index in [1.165, 1.54) is 154 Å². The van der Waals surface area contributed by atoms with Crippen LogP contribution in [0.5, 0.6) is 0 Å². The van der Waals surface area contributed by atoms with E-state index in [1.54, 1.807) is 6.08 Å². The van der Waals surface area contributed by atoms with Crippen molar-refractivity contribution in [1.82, 2.24) is 5.32 Å². The van der Waals surface area contributed by atoms with Crippen molar-refractivity contribution in [2.75, 3.05) is 13.2 Å².